The van der Waals surface area contributed by atoms with E-state index in [1.807, 2.05) is 24.4 Å². The van der Waals surface area contributed by atoms with Crippen LogP contribution in [-0.4, -0.2) is 35.9 Å². The maximum atomic E-state index is 12.3. The van der Waals surface area contributed by atoms with E-state index in [1.54, 1.807) is 30.3 Å². The molecule has 1 aromatic carbocycles. The summed E-state index contributed by atoms with van der Waals surface area (Å²) in [5.41, 5.74) is 0.714. The Morgan fingerprint density at radius 3 is 2.69 bits per heavy atom. The lowest BCUT2D eigenvalue weighted by Gasteiger charge is -2.12. The van der Waals surface area contributed by atoms with Crippen LogP contribution < -0.4 is 15.4 Å². The van der Waals surface area contributed by atoms with Crippen molar-refractivity contribution in [3.8, 4) is 5.75 Å². The van der Waals surface area contributed by atoms with Crippen LogP contribution in [0.2, 0.25) is 0 Å². The molecule has 1 saturated heterocycles. The highest BCUT2D eigenvalue weighted by atomic mass is 32.1. The van der Waals surface area contributed by atoms with Gasteiger partial charge >= 0.3 is 6.03 Å². The van der Waals surface area contributed by atoms with Gasteiger partial charge in [-0.15, -0.1) is 11.3 Å². The summed E-state index contributed by atoms with van der Waals surface area (Å²) in [4.78, 5) is 38.2. The maximum absolute atomic E-state index is 12.3. The first kappa shape index (κ1) is 17.7. The summed E-state index contributed by atoms with van der Waals surface area (Å²) in [5, 5.41) is 7.02. The lowest BCUT2D eigenvalue weighted by molar-refractivity contribution is -0.127. The van der Waals surface area contributed by atoms with Gasteiger partial charge in [0.2, 0.25) is 5.91 Å². The molecule has 0 radical (unpaired) electrons. The zero-order chi connectivity index (χ0) is 18.5. The highest BCUT2D eigenvalue weighted by molar-refractivity contribution is 7.10. The van der Waals surface area contributed by atoms with Crippen LogP contribution in [0.25, 0.3) is 6.08 Å². The minimum Gasteiger partial charge on any atom is -0.494 e. The van der Waals surface area contributed by atoms with Gasteiger partial charge in [0, 0.05) is 10.6 Å². The number of carbonyl (C=O) groups excluding carboxylic acids is 3. The molecule has 7 nitrogen and oxygen atoms in total. The van der Waals surface area contributed by atoms with Crippen molar-refractivity contribution in [2.45, 2.75) is 6.92 Å². The second-order valence-corrected chi connectivity index (χ2v) is 6.38. The summed E-state index contributed by atoms with van der Waals surface area (Å²) >= 11 is 1.45. The number of rotatable bonds is 6. The van der Waals surface area contributed by atoms with E-state index >= 15 is 0 Å². The van der Waals surface area contributed by atoms with Crippen molar-refractivity contribution in [1.29, 1.82) is 0 Å². The lowest BCUT2D eigenvalue weighted by Crippen LogP contribution is -2.38. The standard InChI is InChI=1S/C18H17N3O4S/c1-2-25-13-7-5-12(6-8-13)19-16(22)11-21-17(23)15(20-18(21)24)10-14-4-3-9-26-14/h3-10H,2,11H2,1H3,(H,19,22)(H,20,24)/b15-10-. The Morgan fingerprint density at radius 2 is 2.04 bits per heavy atom. The first-order valence-electron chi connectivity index (χ1n) is 7.97. The molecule has 1 aliphatic rings. The van der Waals surface area contributed by atoms with Crippen molar-refractivity contribution < 1.29 is 19.1 Å². The average Bonchev–Trinajstić information content (AvgIpc) is 3.21. The van der Waals surface area contributed by atoms with Crippen LogP contribution >= 0.6 is 11.3 Å². The zero-order valence-electron chi connectivity index (χ0n) is 14.0. The van der Waals surface area contributed by atoms with E-state index in [2.05, 4.69) is 10.6 Å². The molecule has 2 aromatic rings. The van der Waals surface area contributed by atoms with E-state index < -0.39 is 17.8 Å². The highest BCUT2D eigenvalue weighted by Crippen LogP contribution is 2.18. The Hall–Kier alpha value is -3.13. The van der Waals surface area contributed by atoms with Gasteiger partial charge in [0.15, 0.2) is 0 Å². The Morgan fingerprint density at radius 1 is 1.27 bits per heavy atom. The minimum absolute atomic E-state index is 0.159. The molecule has 1 aliphatic heterocycles. The van der Waals surface area contributed by atoms with Crippen LogP contribution in [0.3, 0.4) is 0 Å². The Balaban J connectivity index is 1.62. The van der Waals surface area contributed by atoms with Crippen molar-refractivity contribution in [2.75, 3.05) is 18.5 Å². The number of urea groups is 1. The lowest BCUT2D eigenvalue weighted by atomic mass is 10.3. The van der Waals surface area contributed by atoms with Crippen molar-refractivity contribution in [1.82, 2.24) is 10.2 Å². The first-order chi connectivity index (χ1) is 12.6. The fourth-order valence-corrected chi connectivity index (χ4v) is 3.03. The van der Waals surface area contributed by atoms with Gasteiger partial charge in [0.1, 0.15) is 18.0 Å². The van der Waals surface area contributed by atoms with Crippen molar-refractivity contribution in [3.05, 3.63) is 52.4 Å². The van der Waals surface area contributed by atoms with Crippen molar-refractivity contribution in [3.63, 3.8) is 0 Å². The molecule has 4 amide bonds. The first-order valence-corrected chi connectivity index (χ1v) is 8.85. The molecule has 2 heterocycles. The molecule has 0 spiro atoms. The number of nitrogens with zero attached hydrogens (tertiary/aromatic N) is 1. The molecular formula is C18H17N3O4S. The molecule has 0 aliphatic carbocycles. The quantitative estimate of drug-likeness (QED) is 0.604. The third-order valence-electron chi connectivity index (χ3n) is 3.54. The molecule has 1 aromatic heterocycles. The number of thiophene rings is 1. The van der Waals surface area contributed by atoms with Crippen molar-refractivity contribution >= 4 is 40.9 Å². The van der Waals surface area contributed by atoms with Crippen LogP contribution in [0.4, 0.5) is 10.5 Å². The predicted molar refractivity (Wildman–Crippen MR) is 98.8 cm³/mol. The molecule has 0 saturated carbocycles. The van der Waals surface area contributed by atoms with E-state index in [1.165, 1.54) is 11.3 Å². The van der Waals surface area contributed by atoms with Gasteiger partial charge in [-0.2, -0.15) is 0 Å². The molecule has 0 bridgehead atoms. The van der Waals surface area contributed by atoms with Crippen LogP contribution in [0.5, 0.6) is 5.75 Å². The maximum Gasteiger partial charge on any atom is 0.329 e. The topological polar surface area (TPSA) is 87.7 Å². The second kappa shape index (κ2) is 7.83. The average molecular weight is 371 g/mol. The molecule has 3 rings (SSSR count). The number of benzene rings is 1. The third kappa shape index (κ3) is 4.09. The van der Waals surface area contributed by atoms with Crippen molar-refractivity contribution in [2.24, 2.45) is 0 Å². The van der Waals surface area contributed by atoms with Gasteiger partial charge in [0.25, 0.3) is 5.91 Å². The number of ether oxygens (including phenoxy) is 1. The summed E-state index contributed by atoms with van der Waals surface area (Å²) in [7, 11) is 0. The highest BCUT2D eigenvalue weighted by Gasteiger charge is 2.34. The van der Waals surface area contributed by atoms with E-state index in [-0.39, 0.29) is 12.2 Å². The number of anilines is 1. The molecular weight excluding hydrogens is 354 g/mol. The fraction of sp³-hybridized carbons (Fsp3) is 0.167. The van der Waals surface area contributed by atoms with E-state index in [0.29, 0.717) is 18.0 Å². The predicted octanol–water partition coefficient (Wildman–Crippen LogP) is 2.68. The largest absolute Gasteiger partial charge is 0.494 e. The number of nitrogens with one attached hydrogen (secondary N) is 2. The summed E-state index contributed by atoms with van der Waals surface area (Å²) in [6.45, 7) is 2.08. The van der Waals surface area contributed by atoms with Crippen LogP contribution in [0.1, 0.15) is 11.8 Å². The summed E-state index contributed by atoms with van der Waals surface area (Å²) in [6.07, 6.45) is 1.59. The molecule has 0 unspecified atom stereocenters. The molecule has 8 heteroatoms. The third-order valence-corrected chi connectivity index (χ3v) is 4.36. The molecule has 2 N–H and O–H groups in total. The number of hydrogen-bond donors (Lipinski definition) is 2. The number of carbonyl (C=O) groups is 3. The minimum atomic E-state index is -0.611. The smallest absolute Gasteiger partial charge is 0.329 e. The van der Waals surface area contributed by atoms with Gasteiger partial charge in [-0.05, 0) is 48.7 Å². The van der Waals surface area contributed by atoms with E-state index in [9.17, 15) is 14.4 Å². The second-order valence-electron chi connectivity index (χ2n) is 5.40. The van der Waals surface area contributed by atoms with Crippen LogP contribution in [-0.2, 0) is 9.59 Å². The summed E-state index contributed by atoms with van der Waals surface area (Å²) in [5.74, 6) is -0.289. The van der Waals surface area contributed by atoms with Gasteiger partial charge in [0.05, 0.1) is 6.61 Å². The van der Waals surface area contributed by atoms with Gasteiger partial charge in [-0.25, -0.2) is 9.69 Å². The monoisotopic (exact) mass is 371 g/mol. The van der Waals surface area contributed by atoms with Crippen LogP contribution in [0.15, 0.2) is 47.5 Å². The zero-order valence-corrected chi connectivity index (χ0v) is 14.8. The van der Waals surface area contributed by atoms with Gasteiger partial charge in [-0.3, -0.25) is 9.59 Å². The Kier molecular flexibility index (Phi) is 5.33. The number of hydrogen-bond acceptors (Lipinski definition) is 5. The van der Waals surface area contributed by atoms with E-state index in [4.69, 9.17) is 4.74 Å². The Labute approximate surface area is 154 Å². The molecule has 1 fully saturated rings. The fourth-order valence-electron chi connectivity index (χ4n) is 2.38. The van der Waals surface area contributed by atoms with E-state index in [0.717, 1.165) is 9.78 Å². The Bertz CT molecular complexity index is 844. The summed E-state index contributed by atoms with van der Waals surface area (Å²) < 4.78 is 5.33. The molecule has 134 valence electrons. The normalized spacial score (nSPS) is 15.3. The van der Waals surface area contributed by atoms with Gasteiger partial charge in [-0.1, -0.05) is 6.07 Å². The van der Waals surface area contributed by atoms with Gasteiger partial charge < -0.3 is 15.4 Å². The molecule has 26 heavy (non-hydrogen) atoms. The SMILES string of the molecule is CCOc1ccc(NC(=O)CN2C(=O)N/C(=C\c3cccs3)C2=O)cc1. The summed E-state index contributed by atoms with van der Waals surface area (Å²) in [6, 6.07) is 9.91. The number of imide groups is 1. The molecule has 0 atom stereocenters. The number of amides is 4. The van der Waals surface area contributed by atoms with Crippen LogP contribution in [0, 0.1) is 0 Å².